The van der Waals surface area contributed by atoms with Crippen LogP contribution in [0.1, 0.15) is 39.0 Å². The van der Waals surface area contributed by atoms with Gasteiger partial charge in [-0.05, 0) is 26.2 Å². The van der Waals surface area contributed by atoms with Crippen LogP contribution in [0.2, 0.25) is 0 Å². The number of hydrogen-bond acceptors (Lipinski definition) is 5. The highest BCUT2D eigenvalue weighted by molar-refractivity contribution is 8.00. The number of H-pyrrole nitrogens is 1. The van der Waals surface area contributed by atoms with E-state index in [0.717, 1.165) is 32.4 Å². The predicted molar refractivity (Wildman–Crippen MR) is 89.7 cm³/mol. The van der Waals surface area contributed by atoms with Gasteiger partial charge in [-0.1, -0.05) is 24.6 Å². The number of carbonyl (C=O) groups excluding carboxylic acids is 1. The summed E-state index contributed by atoms with van der Waals surface area (Å²) in [6, 6.07) is 0. The Labute approximate surface area is 140 Å². The summed E-state index contributed by atoms with van der Waals surface area (Å²) in [5.41, 5.74) is -0.238. The zero-order valence-electron chi connectivity index (χ0n) is 13.9. The average molecular weight is 342 g/mol. The van der Waals surface area contributed by atoms with Crippen molar-refractivity contribution in [3.8, 4) is 0 Å². The van der Waals surface area contributed by atoms with E-state index in [1.165, 1.54) is 24.6 Å². The van der Waals surface area contributed by atoms with Crippen molar-refractivity contribution in [2.24, 2.45) is 0 Å². The molecule has 2 rings (SSSR count). The maximum atomic E-state index is 12.6. The lowest BCUT2D eigenvalue weighted by Gasteiger charge is -2.23. The summed E-state index contributed by atoms with van der Waals surface area (Å²) in [6.45, 7) is 4.69. The Morgan fingerprint density at radius 1 is 1.35 bits per heavy atom. The number of thioether (sulfide) groups is 1. The molecule has 1 unspecified atom stereocenters. The Morgan fingerprint density at radius 2 is 2.04 bits per heavy atom. The number of likely N-dealkylation sites (tertiary alicyclic amines) is 1. The second-order valence-corrected chi connectivity index (χ2v) is 7.12. The third-order valence-corrected chi connectivity index (χ3v) is 5.08. The molecule has 1 aliphatic rings. The van der Waals surface area contributed by atoms with E-state index in [-0.39, 0.29) is 16.8 Å². The maximum absolute atomic E-state index is 12.6. The number of aromatic amines is 1. The number of methoxy groups -OCH3 is 1. The molecule has 0 bridgehead atoms. The van der Waals surface area contributed by atoms with E-state index in [1.807, 2.05) is 11.8 Å². The molecule has 0 aliphatic carbocycles. The molecule has 0 aromatic carbocycles. The monoisotopic (exact) mass is 342 g/mol. The van der Waals surface area contributed by atoms with Gasteiger partial charge in [0.1, 0.15) is 0 Å². The van der Waals surface area contributed by atoms with Crippen LogP contribution in [0.15, 0.2) is 9.95 Å². The van der Waals surface area contributed by atoms with Gasteiger partial charge in [-0.25, -0.2) is 9.89 Å². The lowest BCUT2D eigenvalue weighted by molar-refractivity contribution is -0.130. The smallest absolute Gasteiger partial charge is 0.343 e. The summed E-state index contributed by atoms with van der Waals surface area (Å²) in [4.78, 5) is 26.4. The van der Waals surface area contributed by atoms with Crippen LogP contribution in [0.3, 0.4) is 0 Å². The Kier molecular flexibility index (Phi) is 7.16. The number of nitrogens with one attached hydrogen (secondary N) is 1. The lowest BCUT2D eigenvalue weighted by Crippen LogP contribution is -2.37. The molecular weight excluding hydrogens is 316 g/mol. The minimum atomic E-state index is -0.246. The van der Waals surface area contributed by atoms with Crippen molar-refractivity contribution in [3.63, 3.8) is 0 Å². The molecular formula is C15H26N4O3S. The molecule has 1 aliphatic heterocycles. The van der Waals surface area contributed by atoms with E-state index in [4.69, 9.17) is 4.74 Å². The van der Waals surface area contributed by atoms with E-state index in [0.29, 0.717) is 18.3 Å². The standard InChI is InChI=1S/C15H26N4O3S/c1-12(13(20)18-8-5-3-4-6-9-18)23-15-17-16-14(21)19(15)10-7-11-22-2/h12H,3-11H2,1-2H3,(H,16,21). The molecule has 1 aromatic rings. The second-order valence-electron chi connectivity index (χ2n) is 5.81. The summed E-state index contributed by atoms with van der Waals surface area (Å²) in [5, 5.41) is 6.85. The van der Waals surface area contributed by atoms with Crippen LogP contribution in [0, 0.1) is 0 Å². The van der Waals surface area contributed by atoms with Gasteiger partial charge in [0, 0.05) is 33.4 Å². The molecule has 1 aromatic heterocycles. The first-order chi connectivity index (χ1) is 11.1. The quantitative estimate of drug-likeness (QED) is 0.600. The average Bonchev–Trinajstić information content (AvgIpc) is 2.76. The van der Waals surface area contributed by atoms with Crippen LogP contribution in [-0.2, 0) is 16.1 Å². The van der Waals surface area contributed by atoms with Gasteiger partial charge in [-0.15, -0.1) is 5.10 Å². The minimum Gasteiger partial charge on any atom is -0.385 e. The van der Waals surface area contributed by atoms with Gasteiger partial charge in [0.25, 0.3) is 0 Å². The van der Waals surface area contributed by atoms with E-state index in [2.05, 4.69) is 10.2 Å². The van der Waals surface area contributed by atoms with E-state index in [1.54, 1.807) is 11.7 Å². The molecule has 0 saturated carbocycles. The van der Waals surface area contributed by atoms with Gasteiger partial charge in [0.2, 0.25) is 5.91 Å². The summed E-state index contributed by atoms with van der Waals surface area (Å²) in [5.74, 6) is 0.135. The number of ether oxygens (including phenoxy) is 1. The molecule has 23 heavy (non-hydrogen) atoms. The van der Waals surface area contributed by atoms with Crippen LogP contribution in [0.4, 0.5) is 0 Å². The third-order valence-electron chi connectivity index (χ3n) is 4.00. The van der Waals surface area contributed by atoms with Crippen molar-refractivity contribution in [3.05, 3.63) is 10.5 Å². The highest BCUT2D eigenvalue weighted by Gasteiger charge is 2.24. The largest absolute Gasteiger partial charge is 0.385 e. The molecule has 0 spiro atoms. The van der Waals surface area contributed by atoms with Crippen molar-refractivity contribution in [1.82, 2.24) is 19.7 Å². The molecule has 1 atom stereocenters. The van der Waals surface area contributed by atoms with E-state index >= 15 is 0 Å². The van der Waals surface area contributed by atoms with Gasteiger partial charge in [-0.2, -0.15) is 0 Å². The first-order valence-electron chi connectivity index (χ1n) is 8.23. The fraction of sp³-hybridized carbons (Fsp3) is 0.800. The Morgan fingerprint density at radius 3 is 2.70 bits per heavy atom. The first-order valence-corrected chi connectivity index (χ1v) is 9.11. The zero-order chi connectivity index (χ0) is 16.7. The Balaban J connectivity index is 1.97. The summed E-state index contributed by atoms with van der Waals surface area (Å²) < 4.78 is 6.60. The van der Waals surface area contributed by atoms with Crippen molar-refractivity contribution in [2.75, 3.05) is 26.8 Å². The van der Waals surface area contributed by atoms with Crippen LogP contribution in [-0.4, -0.2) is 57.6 Å². The molecule has 8 heteroatoms. The first kappa shape index (κ1) is 18.1. The highest BCUT2D eigenvalue weighted by Crippen LogP contribution is 2.23. The molecule has 2 heterocycles. The molecule has 1 saturated heterocycles. The number of amides is 1. The number of aromatic nitrogens is 3. The van der Waals surface area contributed by atoms with Gasteiger partial charge < -0.3 is 9.64 Å². The predicted octanol–water partition coefficient (Wildman–Crippen LogP) is 1.49. The van der Waals surface area contributed by atoms with E-state index < -0.39 is 0 Å². The van der Waals surface area contributed by atoms with Gasteiger partial charge in [0.15, 0.2) is 5.16 Å². The summed E-state index contributed by atoms with van der Waals surface area (Å²) in [7, 11) is 1.63. The topological polar surface area (TPSA) is 80.2 Å². The number of carbonyl (C=O) groups is 1. The third kappa shape index (κ3) is 5.10. The van der Waals surface area contributed by atoms with Crippen molar-refractivity contribution >= 4 is 17.7 Å². The second kappa shape index (κ2) is 9.12. The van der Waals surface area contributed by atoms with Crippen LogP contribution >= 0.6 is 11.8 Å². The van der Waals surface area contributed by atoms with Crippen LogP contribution < -0.4 is 5.69 Å². The molecule has 130 valence electrons. The van der Waals surface area contributed by atoms with Gasteiger partial charge >= 0.3 is 5.69 Å². The normalized spacial score (nSPS) is 17.0. The van der Waals surface area contributed by atoms with Crippen LogP contribution in [0.5, 0.6) is 0 Å². The fourth-order valence-corrected chi connectivity index (χ4v) is 3.68. The van der Waals surface area contributed by atoms with Crippen molar-refractivity contribution < 1.29 is 9.53 Å². The Hall–Kier alpha value is -1.28. The maximum Gasteiger partial charge on any atom is 0.343 e. The number of rotatable bonds is 7. The van der Waals surface area contributed by atoms with Crippen molar-refractivity contribution in [2.45, 2.75) is 56.0 Å². The Bertz CT molecular complexity index is 549. The van der Waals surface area contributed by atoms with Gasteiger partial charge in [-0.3, -0.25) is 9.36 Å². The molecule has 7 nitrogen and oxygen atoms in total. The van der Waals surface area contributed by atoms with Gasteiger partial charge in [0.05, 0.1) is 5.25 Å². The fourth-order valence-electron chi connectivity index (χ4n) is 2.71. The number of nitrogens with zero attached hydrogens (tertiary/aromatic N) is 3. The van der Waals surface area contributed by atoms with Crippen LogP contribution in [0.25, 0.3) is 0 Å². The lowest BCUT2D eigenvalue weighted by atomic mass is 10.2. The highest BCUT2D eigenvalue weighted by atomic mass is 32.2. The minimum absolute atomic E-state index is 0.135. The molecule has 1 amide bonds. The SMILES string of the molecule is COCCCn1c(SC(C)C(=O)N2CCCCCC2)n[nH]c1=O. The molecule has 1 N–H and O–H groups in total. The molecule has 1 fully saturated rings. The molecule has 0 radical (unpaired) electrons. The van der Waals surface area contributed by atoms with Crippen molar-refractivity contribution in [1.29, 1.82) is 0 Å². The summed E-state index contributed by atoms with van der Waals surface area (Å²) >= 11 is 1.35. The number of hydrogen-bond donors (Lipinski definition) is 1. The van der Waals surface area contributed by atoms with E-state index in [9.17, 15) is 9.59 Å². The summed E-state index contributed by atoms with van der Waals surface area (Å²) in [6.07, 6.45) is 5.28. The zero-order valence-corrected chi connectivity index (χ0v) is 14.7.